The van der Waals surface area contributed by atoms with Gasteiger partial charge in [0, 0.05) is 18.8 Å². The number of benzene rings is 1. The number of hydrogen-bond donors (Lipinski definition) is 2. The topological polar surface area (TPSA) is 55.3 Å². The summed E-state index contributed by atoms with van der Waals surface area (Å²) >= 11 is 0. The van der Waals surface area contributed by atoms with Crippen LogP contribution in [0.1, 0.15) is 39.5 Å². The lowest BCUT2D eigenvalue weighted by molar-refractivity contribution is 0.679. The molecule has 0 atom stereocenters. The van der Waals surface area contributed by atoms with Gasteiger partial charge in [0.1, 0.15) is 0 Å². The third-order valence-corrected chi connectivity index (χ3v) is 2.96. The highest BCUT2D eigenvalue weighted by Gasteiger charge is 2.08. The van der Waals surface area contributed by atoms with E-state index in [0.29, 0.717) is 0 Å². The molecule has 0 bridgehead atoms. The van der Waals surface area contributed by atoms with Crippen LogP contribution in [0.25, 0.3) is 0 Å². The Morgan fingerprint density at radius 3 is 2.06 bits per heavy atom. The highest BCUT2D eigenvalue weighted by molar-refractivity contribution is 5.71. The maximum absolute atomic E-state index is 6.04. The van der Waals surface area contributed by atoms with Crippen LogP contribution in [-0.4, -0.2) is 13.1 Å². The van der Waals surface area contributed by atoms with Crippen LogP contribution in [0.4, 0.5) is 17.1 Å². The third kappa shape index (κ3) is 4.17. The molecule has 0 aliphatic rings. The molecule has 1 rings (SSSR count). The van der Waals surface area contributed by atoms with Crippen LogP contribution < -0.4 is 16.4 Å². The summed E-state index contributed by atoms with van der Waals surface area (Å²) in [6, 6.07) is 5.81. The first-order chi connectivity index (χ1) is 8.19. The van der Waals surface area contributed by atoms with Gasteiger partial charge in [-0.25, -0.2) is 0 Å². The van der Waals surface area contributed by atoms with E-state index >= 15 is 0 Å². The Balaban J connectivity index is 2.79. The number of unbranched alkanes of at least 4 members (excludes halogenated alkanes) is 2. The van der Waals surface area contributed by atoms with E-state index in [2.05, 4.69) is 18.7 Å². The Morgan fingerprint density at radius 1 is 1.00 bits per heavy atom. The molecule has 17 heavy (non-hydrogen) atoms. The third-order valence-electron chi connectivity index (χ3n) is 2.96. The molecule has 96 valence electrons. The van der Waals surface area contributed by atoms with Gasteiger partial charge in [0.25, 0.3) is 0 Å². The van der Waals surface area contributed by atoms with Crippen LogP contribution >= 0.6 is 0 Å². The standard InChI is InChI=1S/C14H25N3/c1-3-5-9-17(10-6-4-2)14-8-7-12(15)11-13(14)16/h7-8,11H,3-6,9-10,15-16H2,1-2H3. The number of hydrogen-bond acceptors (Lipinski definition) is 3. The summed E-state index contributed by atoms with van der Waals surface area (Å²) in [6.07, 6.45) is 4.82. The molecule has 0 amide bonds. The molecule has 1 aromatic rings. The Hall–Kier alpha value is -1.38. The van der Waals surface area contributed by atoms with Crippen molar-refractivity contribution < 1.29 is 0 Å². The molecule has 0 spiro atoms. The van der Waals surface area contributed by atoms with E-state index < -0.39 is 0 Å². The van der Waals surface area contributed by atoms with Crippen LogP contribution in [-0.2, 0) is 0 Å². The van der Waals surface area contributed by atoms with Gasteiger partial charge >= 0.3 is 0 Å². The fourth-order valence-corrected chi connectivity index (χ4v) is 1.91. The number of nitrogens with zero attached hydrogens (tertiary/aromatic N) is 1. The molecule has 3 nitrogen and oxygen atoms in total. The van der Waals surface area contributed by atoms with Crippen molar-refractivity contribution in [1.29, 1.82) is 0 Å². The maximum atomic E-state index is 6.04. The Kier molecular flexibility index (Phi) is 5.67. The smallest absolute Gasteiger partial charge is 0.0601 e. The molecule has 0 aliphatic carbocycles. The van der Waals surface area contributed by atoms with Gasteiger partial charge in [-0.1, -0.05) is 26.7 Å². The molecule has 0 fully saturated rings. The molecule has 0 aliphatic heterocycles. The molecule has 0 aromatic heterocycles. The summed E-state index contributed by atoms with van der Waals surface area (Å²) in [6.45, 7) is 6.57. The zero-order chi connectivity index (χ0) is 12.7. The van der Waals surface area contributed by atoms with Crippen molar-refractivity contribution in [3.8, 4) is 0 Å². The van der Waals surface area contributed by atoms with E-state index in [1.807, 2.05) is 18.2 Å². The van der Waals surface area contributed by atoms with Gasteiger partial charge in [-0.3, -0.25) is 0 Å². The molecule has 1 aromatic carbocycles. The zero-order valence-electron chi connectivity index (χ0n) is 11.1. The number of nitrogens with two attached hydrogens (primary N) is 2. The largest absolute Gasteiger partial charge is 0.399 e. The lowest BCUT2D eigenvalue weighted by Crippen LogP contribution is -2.26. The van der Waals surface area contributed by atoms with Gasteiger partial charge in [-0.15, -0.1) is 0 Å². The minimum atomic E-state index is 0.734. The van der Waals surface area contributed by atoms with Crippen molar-refractivity contribution in [3.05, 3.63) is 18.2 Å². The zero-order valence-corrected chi connectivity index (χ0v) is 11.1. The molecule has 4 N–H and O–H groups in total. The molecule has 3 heteroatoms. The fraction of sp³-hybridized carbons (Fsp3) is 0.571. The van der Waals surface area contributed by atoms with Crippen molar-refractivity contribution in [2.24, 2.45) is 0 Å². The lowest BCUT2D eigenvalue weighted by atomic mass is 10.2. The van der Waals surface area contributed by atoms with Gasteiger partial charge in [0.05, 0.1) is 11.4 Å². The van der Waals surface area contributed by atoms with Crippen molar-refractivity contribution in [2.45, 2.75) is 39.5 Å². The van der Waals surface area contributed by atoms with Gasteiger partial charge < -0.3 is 16.4 Å². The average molecular weight is 235 g/mol. The summed E-state index contributed by atoms with van der Waals surface area (Å²) in [5, 5.41) is 0. The second-order valence-electron chi connectivity index (χ2n) is 4.51. The second-order valence-corrected chi connectivity index (χ2v) is 4.51. The van der Waals surface area contributed by atoms with Crippen LogP contribution in [0.5, 0.6) is 0 Å². The fourth-order valence-electron chi connectivity index (χ4n) is 1.91. The highest BCUT2D eigenvalue weighted by Crippen LogP contribution is 2.26. The quantitative estimate of drug-likeness (QED) is 0.713. The monoisotopic (exact) mass is 235 g/mol. The van der Waals surface area contributed by atoms with E-state index in [1.54, 1.807) is 0 Å². The normalized spacial score (nSPS) is 10.5. The Labute approximate surface area is 105 Å². The van der Waals surface area contributed by atoms with Gasteiger partial charge in [-0.2, -0.15) is 0 Å². The number of rotatable bonds is 7. The Bertz CT molecular complexity index is 328. The lowest BCUT2D eigenvalue weighted by Gasteiger charge is -2.26. The van der Waals surface area contributed by atoms with E-state index in [0.717, 1.165) is 30.2 Å². The molecular weight excluding hydrogens is 210 g/mol. The molecule has 0 unspecified atom stereocenters. The maximum Gasteiger partial charge on any atom is 0.0601 e. The SMILES string of the molecule is CCCCN(CCCC)c1ccc(N)cc1N. The van der Waals surface area contributed by atoms with E-state index in [9.17, 15) is 0 Å². The first kappa shape index (κ1) is 13.7. The second kappa shape index (κ2) is 7.05. The highest BCUT2D eigenvalue weighted by atomic mass is 15.1. The minimum Gasteiger partial charge on any atom is -0.399 e. The first-order valence-electron chi connectivity index (χ1n) is 6.59. The van der Waals surface area contributed by atoms with Gasteiger partial charge in [0.2, 0.25) is 0 Å². The summed E-state index contributed by atoms with van der Waals surface area (Å²) in [5.74, 6) is 0. The van der Waals surface area contributed by atoms with E-state index in [-0.39, 0.29) is 0 Å². The van der Waals surface area contributed by atoms with Crippen molar-refractivity contribution in [1.82, 2.24) is 0 Å². The van der Waals surface area contributed by atoms with E-state index in [1.165, 1.54) is 25.7 Å². The Morgan fingerprint density at radius 2 is 1.59 bits per heavy atom. The van der Waals surface area contributed by atoms with Crippen LogP contribution in [0.2, 0.25) is 0 Å². The van der Waals surface area contributed by atoms with Crippen molar-refractivity contribution >= 4 is 17.1 Å². The van der Waals surface area contributed by atoms with Crippen LogP contribution in [0.3, 0.4) is 0 Å². The summed E-state index contributed by atoms with van der Waals surface area (Å²) in [7, 11) is 0. The van der Waals surface area contributed by atoms with Crippen molar-refractivity contribution in [3.63, 3.8) is 0 Å². The molecular formula is C14H25N3. The summed E-state index contributed by atoms with van der Waals surface area (Å²) in [4.78, 5) is 2.38. The van der Waals surface area contributed by atoms with Crippen LogP contribution in [0, 0.1) is 0 Å². The predicted molar refractivity (Wildman–Crippen MR) is 77.3 cm³/mol. The van der Waals surface area contributed by atoms with E-state index in [4.69, 9.17) is 11.5 Å². The summed E-state index contributed by atoms with van der Waals surface area (Å²) in [5.41, 5.74) is 14.4. The predicted octanol–water partition coefficient (Wildman–Crippen LogP) is 3.26. The number of nitrogen functional groups attached to an aromatic ring is 2. The van der Waals surface area contributed by atoms with Gasteiger partial charge in [0.15, 0.2) is 0 Å². The minimum absolute atomic E-state index is 0.734. The molecule has 0 saturated carbocycles. The molecule has 0 saturated heterocycles. The van der Waals surface area contributed by atoms with Crippen LogP contribution in [0.15, 0.2) is 18.2 Å². The first-order valence-corrected chi connectivity index (χ1v) is 6.59. The summed E-state index contributed by atoms with van der Waals surface area (Å²) < 4.78 is 0. The van der Waals surface area contributed by atoms with Gasteiger partial charge in [-0.05, 0) is 31.0 Å². The molecule has 0 radical (unpaired) electrons. The van der Waals surface area contributed by atoms with Crippen molar-refractivity contribution in [2.75, 3.05) is 29.5 Å². The molecule has 0 heterocycles. The number of anilines is 3. The average Bonchev–Trinajstić information content (AvgIpc) is 2.30.